The van der Waals surface area contributed by atoms with Crippen molar-refractivity contribution in [3.63, 3.8) is 0 Å². The van der Waals surface area contributed by atoms with Crippen molar-refractivity contribution in [2.75, 3.05) is 51.4 Å². The minimum absolute atomic E-state index is 0.00599. The molecule has 2 rings (SSSR count). The van der Waals surface area contributed by atoms with Gasteiger partial charge in [0, 0.05) is 26.2 Å². The van der Waals surface area contributed by atoms with E-state index in [1.165, 1.54) is 0 Å². The summed E-state index contributed by atoms with van der Waals surface area (Å²) in [7, 11) is 0. The number of nitrogens with zero attached hydrogens (tertiary/aromatic N) is 2. The van der Waals surface area contributed by atoms with Gasteiger partial charge in [0.25, 0.3) is 0 Å². The summed E-state index contributed by atoms with van der Waals surface area (Å²) < 4.78 is 5.29. The molecule has 22 heavy (non-hydrogen) atoms. The lowest BCUT2D eigenvalue weighted by Gasteiger charge is -2.37. The Balaban J connectivity index is 1.87. The van der Waals surface area contributed by atoms with E-state index < -0.39 is 6.04 Å². The van der Waals surface area contributed by atoms with Gasteiger partial charge in [0.15, 0.2) is 0 Å². The Kier molecular flexibility index (Phi) is 6.98. The fourth-order valence-corrected chi connectivity index (χ4v) is 3.51. The van der Waals surface area contributed by atoms with Gasteiger partial charge in [-0.3, -0.25) is 9.59 Å². The van der Waals surface area contributed by atoms with Crippen molar-refractivity contribution < 1.29 is 14.3 Å². The Labute approximate surface area is 136 Å². The van der Waals surface area contributed by atoms with Crippen LogP contribution in [0.15, 0.2) is 0 Å². The van der Waals surface area contributed by atoms with Gasteiger partial charge in [-0.2, -0.15) is 11.8 Å². The molecule has 126 valence electrons. The van der Waals surface area contributed by atoms with Crippen LogP contribution in [0.25, 0.3) is 0 Å². The van der Waals surface area contributed by atoms with E-state index in [2.05, 4.69) is 0 Å². The lowest BCUT2D eigenvalue weighted by Crippen LogP contribution is -2.52. The molecule has 2 saturated heterocycles. The first-order valence-electron chi connectivity index (χ1n) is 8.03. The number of thioether (sulfide) groups is 1. The van der Waals surface area contributed by atoms with Crippen LogP contribution in [0.2, 0.25) is 0 Å². The molecule has 6 nitrogen and oxygen atoms in total. The summed E-state index contributed by atoms with van der Waals surface area (Å²) in [6, 6.07) is -0.440. The third kappa shape index (κ3) is 4.60. The van der Waals surface area contributed by atoms with Gasteiger partial charge < -0.3 is 20.3 Å². The van der Waals surface area contributed by atoms with E-state index in [9.17, 15) is 9.59 Å². The first kappa shape index (κ1) is 17.6. The zero-order valence-corrected chi connectivity index (χ0v) is 14.1. The van der Waals surface area contributed by atoms with Gasteiger partial charge in [0.1, 0.15) is 0 Å². The van der Waals surface area contributed by atoms with Crippen molar-refractivity contribution in [2.24, 2.45) is 11.7 Å². The molecule has 0 aromatic heterocycles. The molecule has 0 bridgehead atoms. The van der Waals surface area contributed by atoms with Gasteiger partial charge in [-0.25, -0.2) is 0 Å². The molecule has 1 unspecified atom stereocenters. The Morgan fingerprint density at radius 3 is 2.68 bits per heavy atom. The van der Waals surface area contributed by atoms with Gasteiger partial charge in [0.05, 0.1) is 25.2 Å². The quantitative estimate of drug-likeness (QED) is 0.778. The van der Waals surface area contributed by atoms with Crippen molar-refractivity contribution in [3.05, 3.63) is 0 Å². The maximum absolute atomic E-state index is 12.6. The SMILES string of the molecule is CSCC[C@H](N)C(=O)N1CCCC(C(=O)N2CCOCC2)C1. The monoisotopic (exact) mass is 329 g/mol. The van der Waals surface area contributed by atoms with Gasteiger partial charge in [-0.05, 0) is 31.3 Å². The summed E-state index contributed by atoms with van der Waals surface area (Å²) in [5.41, 5.74) is 5.98. The number of likely N-dealkylation sites (tertiary alicyclic amines) is 1. The second-order valence-electron chi connectivity index (χ2n) is 5.95. The van der Waals surface area contributed by atoms with E-state index in [4.69, 9.17) is 10.5 Å². The maximum atomic E-state index is 12.6. The van der Waals surface area contributed by atoms with E-state index in [-0.39, 0.29) is 17.7 Å². The summed E-state index contributed by atoms with van der Waals surface area (Å²) in [5, 5.41) is 0. The van der Waals surface area contributed by atoms with Crippen LogP contribution in [-0.4, -0.2) is 79.1 Å². The predicted molar refractivity (Wildman–Crippen MR) is 87.7 cm³/mol. The summed E-state index contributed by atoms with van der Waals surface area (Å²) in [6.45, 7) is 3.79. The summed E-state index contributed by atoms with van der Waals surface area (Å²) >= 11 is 1.69. The number of piperidine rings is 1. The van der Waals surface area contributed by atoms with E-state index in [0.717, 1.165) is 25.1 Å². The molecule has 0 aromatic rings. The fourth-order valence-electron chi connectivity index (χ4n) is 3.02. The fraction of sp³-hybridized carbons (Fsp3) is 0.867. The largest absolute Gasteiger partial charge is 0.378 e. The molecular formula is C15H27N3O3S. The lowest BCUT2D eigenvalue weighted by molar-refractivity contribution is -0.144. The van der Waals surface area contributed by atoms with Crippen LogP contribution in [0.1, 0.15) is 19.3 Å². The second-order valence-corrected chi connectivity index (χ2v) is 6.93. The van der Waals surface area contributed by atoms with Gasteiger partial charge in [-0.1, -0.05) is 0 Å². The second kappa shape index (κ2) is 8.74. The van der Waals surface area contributed by atoms with Gasteiger partial charge in [-0.15, -0.1) is 0 Å². The first-order valence-corrected chi connectivity index (χ1v) is 9.42. The van der Waals surface area contributed by atoms with Crippen LogP contribution in [-0.2, 0) is 14.3 Å². The molecule has 2 atom stereocenters. The van der Waals surface area contributed by atoms with E-state index in [0.29, 0.717) is 39.3 Å². The number of ether oxygens (including phenoxy) is 1. The van der Waals surface area contributed by atoms with Crippen molar-refractivity contribution >= 4 is 23.6 Å². The summed E-state index contributed by atoms with van der Waals surface area (Å²) in [5.74, 6) is 0.965. The summed E-state index contributed by atoms with van der Waals surface area (Å²) in [4.78, 5) is 28.6. The number of nitrogens with two attached hydrogens (primary N) is 1. The molecule has 0 spiro atoms. The lowest BCUT2D eigenvalue weighted by atomic mass is 9.95. The van der Waals surface area contributed by atoms with Crippen LogP contribution in [0.4, 0.5) is 0 Å². The standard InChI is InChI=1S/C15H27N3O3S/c1-22-10-4-13(16)15(20)18-5-2-3-12(11-18)14(19)17-6-8-21-9-7-17/h12-13H,2-11,16H2,1H3/t12?,13-/m0/s1. The molecule has 2 N–H and O–H groups in total. The van der Waals surface area contributed by atoms with Gasteiger partial charge >= 0.3 is 0 Å². The molecule has 2 amide bonds. The average molecular weight is 329 g/mol. The highest BCUT2D eigenvalue weighted by atomic mass is 32.2. The molecule has 2 fully saturated rings. The molecule has 0 aliphatic carbocycles. The molecule has 0 aromatic carbocycles. The topological polar surface area (TPSA) is 75.9 Å². The molecule has 2 aliphatic heterocycles. The Hall–Kier alpha value is -0.790. The molecule has 2 aliphatic rings. The Morgan fingerprint density at radius 2 is 2.00 bits per heavy atom. The number of hydrogen-bond donors (Lipinski definition) is 1. The number of carbonyl (C=O) groups is 2. The third-order valence-electron chi connectivity index (χ3n) is 4.36. The van der Waals surface area contributed by atoms with Crippen LogP contribution in [0.3, 0.4) is 0 Å². The molecule has 0 radical (unpaired) electrons. The van der Waals surface area contributed by atoms with E-state index in [1.54, 1.807) is 16.7 Å². The van der Waals surface area contributed by atoms with Gasteiger partial charge in [0.2, 0.25) is 11.8 Å². The Bertz CT molecular complexity index is 388. The smallest absolute Gasteiger partial charge is 0.239 e. The van der Waals surface area contributed by atoms with Crippen molar-refractivity contribution in [2.45, 2.75) is 25.3 Å². The number of rotatable bonds is 5. The third-order valence-corrected chi connectivity index (χ3v) is 5.00. The molecule has 0 saturated carbocycles. The predicted octanol–water partition coefficient (Wildman–Crippen LogP) is 0.164. The number of amides is 2. The number of morpholine rings is 1. The summed E-state index contributed by atoms with van der Waals surface area (Å²) in [6.07, 6.45) is 4.44. The zero-order chi connectivity index (χ0) is 15.9. The maximum Gasteiger partial charge on any atom is 0.239 e. The highest BCUT2D eigenvalue weighted by Crippen LogP contribution is 2.20. The van der Waals surface area contributed by atoms with Crippen LogP contribution >= 0.6 is 11.8 Å². The average Bonchev–Trinajstić information content (AvgIpc) is 2.59. The van der Waals surface area contributed by atoms with Crippen LogP contribution in [0, 0.1) is 5.92 Å². The van der Waals surface area contributed by atoms with Crippen LogP contribution in [0.5, 0.6) is 0 Å². The van der Waals surface area contributed by atoms with Crippen molar-refractivity contribution in [1.82, 2.24) is 9.80 Å². The highest BCUT2D eigenvalue weighted by Gasteiger charge is 2.33. The van der Waals surface area contributed by atoms with Crippen molar-refractivity contribution in [1.29, 1.82) is 0 Å². The normalized spacial score (nSPS) is 24.2. The van der Waals surface area contributed by atoms with Crippen LogP contribution < -0.4 is 5.73 Å². The zero-order valence-electron chi connectivity index (χ0n) is 13.3. The first-order chi connectivity index (χ1) is 10.6. The number of carbonyl (C=O) groups excluding carboxylic acids is 2. The molecule has 2 heterocycles. The van der Waals surface area contributed by atoms with E-state index in [1.807, 2.05) is 11.2 Å². The minimum atomic E-state index is -0.440. The van der Waals surface area contributed by atoms with Crippen molar-refractivity contribution in [3.8, 4) is 0 Å². The van der Waals surface area contributed by atoms with E-state index >= 15 is 0 Å². The highest BCUT2D eigenvalue weighted by molar-refractivity contribution is 7.98. The Morgan fingerprint density at radius 1 is 1.27 bits per heavy atom. The molecular weight excluding hydrogens is 302 g/mol. The molecule has 7 heteroatoms. The number of hydrogen-bond acceptors (Lipinski definition) is 5. The minimum Gasteiger partial charge on any atom is -0.378 e.